The fraction of sp³-hybridized carbons (Fsp3) is 0.167. The lowest BCUT2D eigenvalue weighted by molar-refractivity contribution is 0.164. The van der Waals surface area contributed by atoms with Crippen molar-refractivity contribution in [2.45, 2.75) is 6.54 Å². The number of aromatic nitrogens is 4. The second-order valence-electron chi connectivity index (χ2n) is 4.15. The van der Waals surface area contributed by atoms with Crippen molar-refractivity contribution in [1.29, 1.82) is 0 Å². The Morgan fingerprint density at radius 1 is 1.55 bits per heavy atom. The van der Waals surface area contributed by atoms with Gasteiger partial charge in [0.15, 0.2) is 0 Å². The minimum Gasteiger partial charge on any atom is -0.445 e. The van der Waals surface area contributed by atoms with Crippen LogP contribution in [-0.2, 0) is 11.3 Å². The van der Waals surface area contributed by atoms with Gasteiger partial charge in [-0.3, -0.25) is 0 Å². The molecule has 0 saturated carbocycles. The zero-order valence-corrected chi connectivity index (χ0v) is 12.7. The van der Waals surface area contributed by atoms with E-state index in [2.05, 4.69) is 30.7 Å². The van der Waals surface area contributed by atoms with E-state index in [0.29, 0.717) is 10.3 Å². The first kappa shape index (κ1) is 15.9. The zero-order chi connectivity index (χ0) is 16.1. The van der Waals surface area contributed by atoms with Crippen LogP contribution in [0.5, 0.6) is 0 Å². The van der Waals surface area contributed by atoms with Crippen molar-refractivity contribution >= 4 is 22.0 Å². The summed E-state index contributed by atoms with van der Waals surface area (Å²) in [6.45, 7) is -0.520. The van der Waals surface area contributed by atoms with Crippen LogP contribution in [0.1, 0.15) is 0 Å². The third-order valence-electron chi connectivity index (χ3n) is 2.63. The first-order valence-electron chi connectivity index (χ1n) is 5.98. The number of nitrogens with zero attached hydrogens (tertiary/aromatic N) is 4. The van der Waals surface area contributed by atoms with Gasteiger partial charge in [-0.25, -0.2) is 28.2 Å². The highest BCUT2D eigenvalue weighted by atomic mass is 79.9. The lowest BCUT2D eigenvalue weighted by atomic mass is 10.3. The molecule has 22 heavy (non-hydrogen) atoms. The van der Waals surface area contributed by atoms with E-state index < -0.39 is 11.8 Å². The van der Waals surface area contributed by atoms with Crippen molar-refractivity contribution in [3.8, 4) is 5.69 Å². The molecule has 0 unspecified atom stereocenters. The smallest absolute Gasteiger partial charge is 0.404 e. The number of nitrogens with two attached hydrogens (primary N) is 1. The van der Waals surface area contributed by atoms with Gasteiger partial charge in [-0.15, -0.1) is 0 Å². The third kappa shape index (κ3) is 3.79. The van der Waals surface area contributed by atoms with E-state index in [1.807, 2.05) is 0 Å². The van der Waals surface area contributed by atoms with Crippen molar-refractivity contribution in [3.05, 3.63) is 51.6 Å². The topological polar surface area (TPSA) is 105 Å². The van der Waals surface area contributed by atoms with Crippen molar-refractivity contribution in [2.75, 3.05) is 6.61 Å². The Kier molecular flexibility index (Phi) is 5.04. The van der Waals surface area contributed by atoms with Gasteiger partial charge < -0.3 is 10.5 Å². The van der Waals surface area contributed by atoms with E-state index in [0.717, 1.165) is 4.68 Å². The molecule has 0 fully saturated rings. The number of pyridine rings is 1. The normalized spacial score (nSPS) is 11.5. The first-order chi connectivity index (χ1) is 10.5. The van der Waals surface area contributed by atoms with Gasteiger partial charge in [-0.2, -0.15) is 5.10 Å². The van der Waals surface area contributed by atoms with E-state index in [9.17, 15) is 14.0 Å². The molecule has 2 heterocycles. The quantitative estimate of drug-likeness (QED) is 0.793. The van der Waals surface area contributed by atoms with Crippen LogP contribution in [0.3, 0.4) is 0 Å². The van der Waals surface area contributed by atoms with E-state index in [-0.39, 0.29) is 25.1 Å². The van der Waals surface area contributed by atoms with Crippen LogP contribution < -0.4 is 11.4 Å². The predicted octanol–water partition coefficient (Wildman–Crippen LogP) is 1.14. The summed E-state index contributed by atoms with van der Waals surface area (Å²) in [5.74, 6) is 0. The van der Waals surface area contributed by atoms with Gasteiger partial charge in [-0.05, 0) is 28.1 Å². The number of primary amides is 1. The van der Waals surface area contributed by atoms with Gasteiger partial charge in [0, 0.05) is 11.8 Å². The highest BCUT2D eigenvalue weighted by Gasteiger charge is 2.10. The standard InChI is InChI=1S/C12H11BrFN5O3/c13-10-3-9(1-2-16-10)18-7-17-19(12(18)21)5-8(4-14)6-22-11(15)20/h1-4,7H,5-6H2,(H2,15,20). The SMILES string of the molecule is NC(=O)OCC(=CF)Cn1ncn(-c2ccnc(Br)c2)c1=O. The molecule has 0 spiro atoms. The molecule has 0 bridgehead atoms. The van der Waals surface area contributed by atoms with E-state index in [4.69, 9.17) is 5.73 Å². The van der Waals surface area contributed by atoms with Crippen LogP contribution >= 0.6 is 15.9 Å². The largest absolute Gasteiger partial charge is 0.445 e. The molecule has 8 nitrogen and oxygen atoms in total. The number of halogens is 2. The molecule has 0 radical (unpaired) electrons. The van der Waals surface area contributed by atoms with Gasteiger partial charge in [0.05, 0.1) is 18.6 Å². The van der Waals surface area contributed by atoms with Crippen molar-refractivity contribution < 1.29 is 13.9 Å². The fourth-order valence-corrected chi connectivity index (χ4v) is 1.99. The van der Waals surface area contributed by atoms with Crippen LogP contribution in [0, 0.1) is 0 Å². The van der Waals surface area contributed by atoms with E-state index in [1.54, 1.807) is 12.1 Å². The van der Waals surface area contributed by atoms with Gasteiger partial charge in [0.25, 0.3) is 0 Å². The van der Waals surface area contributed by atoms with Crippen LogP contribution in [0.2, 0.25) is 0 Å². The summed E-state index contributed by atoms with van der Waals surface area (Å²) in [4.78, 5) is 26.7. The van der Waals surface area contributed by atoms with Crippen LogP contribution in [-0.4, -0.2) is 32.0 Å². The van der Waals surface area contributed by atoms with E-state index >= 15 is 0 Å². The average Bonchev–Trinajstić information content (AvgIpc) is 2.84. The molecule has 2 aromatic heterocycles. The summed E-state index contributed by atoms with van der Waals surface area (Å²) >= 11 is 3.20. The molecular weight excluding hydrogens is 361 g/mol. The molecule has 0 saturated heterocycles. The van der Waals surface area contributed by atoms with Gasteiger partial charge in [0.1, 0.15) is 17.5 Å². The highest BCUT2D eigenvalue weighted by Crippen LogP contribution is 2.10. The summed E-state index contributed by atoms with van der Waals surface area (Å²) in [6.07, 6.45) is 2.04. The molecule has 0 atom stereocenters. The summed E-state index contributed by atoms with van der Waals surface area (Å²) in [5, 5.41) is 3.89. The Morgan fingerprint density at radius 3 is 2.95 bits per heavy atom. The van der Waals surface area contributed by atoms with Gasteiger partial charge in [0.2, 0.25) is 0 Å². The Hall–Kier alpha value is -2.49. The molecule has 116 valence electrons. The highest BCUT2D eigenvalue weighted by molar-refractivity contribution is 9.10. The Balaban J connectivity index is 2.21. The van der Waals surface area contributed by atoms with Crippen molar-refractivity contribution in [2.24, 2.45) is 5.73 Å². The second-order valence-corrected chi connectivity index (χ2v) is 4.97. The minimum atomic E-state index is -1.03. The first-order valence-corrected chi connectivity index (χ1v) is 6.77. The zero-order valence-electron chi connectivity index (χ0n) is 11.1. The maximum Gasteiger partial charge on any atom is 0.404 e. The third-order valence-corrected chi connectivity index (χ3v) is 3.06. The molecule has 2 aromatic rings. The number of rotatable bonds is 5. The molecule has 2 N–H and O–H groups in total. The van der Waals surface area contributed by atoms with Crippen molar-refractivity contribution in [3.63, 3.8) is 0 Å². The molecule has 0 aliphatic rings. The molecule has 2 rings (SSSR count). The fourth-order valence-electron chi connectivity index (χ4n) is 1.63. The van der Waals surface area contributed by atoms with Crippen LogP contribution in [0.4, 0.5) is 9.18 Å². The molecule has 10 heteroatoms. The number of amides is 1. The molecular formula is C12H11BrFN5O3. The van der Waals surface area contributed by atoms with Crippen molar-refractivity contribution in [1.82, 2.24) is 19.3 Å². The predicted molar refractivity (Wildman–Crippen MR) is 78.0 cm³/mol. The van der Waals surface area contributed by atoms with E-state index in [1.165, 1.54) is 17.1 Å². The minimum absolute atomic E-state index is 0.0436. The van der Waals surface area contributed by atoms with Crippen LogP contribution in [0.15, 0.2) is 46.0 Å². The number of carbonyl (C=O) groups excluding carboxylic acids is 1. The Morgan fingerprint density at radius 2 is 2.32 bits per heavy atom. The molecule has 0 aliphatic heterocycles. The number of hydrogen-bond donors (Lipinski definition) is 1. The molecule has 1 amide bonds. The Labute approximate surface area is 132 Å². The summed E-state index contributed by atoms with van der Waals surface area (Å²) < 4.78 is 20.1. The molecule has 0 aromatic carbocycles. The second kappa shape index (κ2) is 6.98. The monoisotopic (exact) mass is 371 g/mol. The summed E-state index contributed by atoms with van der Waals surface area (Å²) in [7, 11) is 0. The van der Waals surface area contributed by atoms with Gasteiger partial charge in [-0.1, -0.05) is 0 Å². The van der Waals surface area contributed by atoms with Gasteiger partial charge >= 0.3 is 11.8 Å². The number of carbonyl (C=O) groups is 1. The average molecular weight is 372 g/mol. The number of ether oxygens (including phenoxy) is 1. The number of hydrogen-bond acceptors (Lipinski definition) is 5. The lowest BCUT2D eigenvalue weighted by Gasteiger charge is -2.05. The molecule has 0 aliphatic carbocycles. The van der Waals surface area contributed by atoms with Crippen LogP contribution in [0.25, 0.3) is 5.69 Å². The Bertz CT molecular complexity index is 770. The maximum absolute atomic E-state index is 12.7. The summed E-state index contributed by atoms with van der Waals surface area (Å²) in [5.41, 5.74) is 4.92. The summed E-state index contributed by atoms with van der Waals surface area (Å²) in [6, 6.07) is 3.26. The maximum atomic E-state index is 12.7. The lowest BCUT2D eigenvalue weighted by Crippen LogP contribution is -2.26.